The third-order valence-corrected chi connectivity index (χ3v) is 3.30. The standard InChI is InChI=1S/C13H16N2O2S/c1-9(2)7-12-14-13(17-15-12)8-18-11-5-3-10(16)4-6-11/h3-6,9,16H,7-8H2,1-2H3. The summed E-state index contributed by atoms with van der Waals surface area (Å²) < 4.78 is 5.18. The van der Waals surface area contributed by atoms with Gasteiger partial charge in [-0.05, 0) is 30.2 Å². The van der Waals surface area contributed by atoms with Crippen LogP contribution in [-0.4, -0.2) is 15.2 Å². The molecule has 5 heteroatoms. The molecular weight excluding hydrogens is 248 g/mol. The van der Waals surface area contributed by atoms with E-state index in [0.717, 1.165) is 17.1 Å². The van der Waals surface area contributed by atoms with Gasteiger partial charge in [0.2, 0.25) is 5.89 Å². The summed E-state index contributed by atoms with van der Waals surface area (Å²) >= 11 is 1.61. The summed E-state index contributed by atoms with van der Waals surface area (Å²) in [6.45, 7) is 4.25. The lowest BCUT2D eigenvalue weighted by Gasteiger charge is -1.98. The second-order valence-electron chi connectivity index (χ2n) is 4.48. The highest BCUT2D eigenvalue weighted by Gasteiger charge is 2.08. The molecule has 0 bridgehead atoms. The molecule has 1 aromatic heterocycles. The number of nitrogens with zero attached hydrogens (tertiary/aromatic N) is 2. The Morgan fingerprint density at radius 3 is 2.67 bits per heavy atom. The third-order valence-electron chi connectivity index (χ3n) is 2.30. The number of phenolic OH excluding ortho intramolecular Hbond substituents is 1. The normalized spacial score (nSPS) is 11.1. The van der Waals surface area contributed by atoms with Crippen molar-refractivity contribution in [1.29, 1.82) is 0 Å². The van der Waals surface area contributed by atoms with Crippen LogP contribution < -0.4 is 0 Å². The first-order valence-electron chi connectivity index (χ1n) is 5.87. The van der Waals surface area contributed by atoms with E-state index < -0.39 is 0 Å². The zero-order valence-electron chi connectivity index (χ0n) is 10.5. The van der Waals surface area contributed by atoms with E-state index in [-0.39, 0.29) is 5.75 Å². The topological polar surface area (TPSA) is 59.2 Å². The smallest absolute Gasteiger partial charge is 0.237 e. The fourth-order valence-corrected chi connectivity index (χ4v) is 2.22. The summed E-state index contributed by atoms with van der Waals surface area (Å²) in [5, 5.41) is 13.1. The van der Waals surface area contributed by atoms with Crippen molar-refractivity contribution in [3.05, 3.63) is 36.0 Å². The fraction of sp³-hybridized carbons (Fsp3) is 0.385. The Bertz CT molecular complexity index is 494. The number of thioether (sulfide) groups is 1. The van der Waals surface area contributed by atoms with Crippen LogP contribution in [0.15, 0.2) is 33.7 Å². The monoisotopic (exact) mass is 264 g/mol. The first-order valence-corrected chi connectivity index (χ1v) is 6.85. The van der Waals surface area contributed by atoms with Crippen molar-refractivity contribution in [2.24, 2.45) is 5.92 Å². The molecule has 18 heavy (non-hydrogen) atoms. The summed E-state index contributed by atoms with van der Waals surface area (Å²) in [6, 6.07) is 7.07. The van der Waals surface area contributed by atoms with Crippen molar-refractivity contribution in [2.45, 2.75) is 30.9 Å². The van der Waals surface area contributed by atoms with Crippen LogP contribution in [0, 0.1) is 5.92 Å². The van der Waals surface area contributed by atoms with Gasteiger partial charge in [-0.2, -0.15) is 4.98 Å². The quantitative estimate of drug-likeness (QED) is 0.840. The number of rotatable bonds is 5. The van der Waals surface area contributed by atoms with Crippen LogP contribution >= 0.6 is 11.8 Å². The van der Waals surface area contributed by atoms with Gasteiger partial charge >= 0.3 is 0 Å². The molecule has 0 fully saturated rings. The predicted octanol–water partition coefficient (Wildman–Crippen LogP) is 3.27. The molecule has 4 nitrogen and oxygen atoms in total. The summed E-state index contributed by atoms with van der Waals surface area (Å²) in [4.78, 5) is 5.40. The molecular formula is C13H16N2O2S. The van der Waals surface area contributed by atoms with Gasteiger partial charge in [0.25, 0.3) is 0 Å². The van der Waals surface area contributed by atoms with Crippen LogP contribution in [0.4, 0.5) is 0 Å². The number of hydrogen-bond acceptors (Lipinski definition) is 5. The molecule has 0 aliphatic carbocycles. The van der Waals surface area contributed by atoms with Crippen LogP contribution in [-0.2, 0) is 12.2 Å². The Morgan fingerprint density at radius 2 is 2.00 bits per heavy atom. The van der Waals surface area contributed by atoms with Gasteiger partial charge in [-0.1, -0.05) is 19.0 Å². The van der Waals surface area contributed by atoms with Gasteiger partial charge in [0.05, 0.1) is 5.75 Å². The highest BCUT2D eigenvalue weighted by Crippen LogP contribution is 2.23. The second kappa shape index (κ2) is 5.91. The average molecular weight is 264 g/mol. The van der Waals surface area contributed by atoms with Gasteiger partial charge in [-0.25, -0.2) is 0 Å². The Kier molecular flexibility index (Phi) is 4.25. The molecule has 2 rings (SSSR count). The minimum Gasteiger partial charge on any atom is -0.508 e. The molecule has 0 amide bonds. The minimum absolute atomic E-state index is 0.274. The third kappa shape index (κ3) is 3.77. The molecule has 0 radical (unpaired) electrons. The molecule has 0 aliphatic heterocycles. The Morgan fingerprint density at radius 1 is 1.28 bits per heavy atom. The zero-order valence-corrected chi connectivity index (χ0v) is 11.3. The molecule has 0 spiro atoms. The Balaban J connectivity index is 1.90. The van der Waals surface area contributed by atoms with Gasteiger partial charge in [0.15, 0.2) is 5.82 Å². The summed E-state index contributed by atoms with van der Waals surface area (Å²) in [6.07, 6.45) is 0.841. The largest absolute Gasteiger partial charge is 0.508 e. The number of aromatic nitrogens is 2. The van der Waals surface area contributed by atoms with Crippen molar-refractivity contribution >= 4 is 11.8 Å². The van der Waals surface area contributed by atoms with Crippen molar-refractivity contribution in [2.75, 3.05) is 0 Å². The van der Waals surface area contributed by atoms with E-state index in [1.165, 1.54) is 0 Å². The van der Waals surface area contributed by atoms with E-state index in [0.29, 0.717) is 17.6 Å². The van der Waals surface area contributed by atoms with Gasteiger partial charge in [0.1, 0.15) is 5.75 Å². The first-order chi connectivity index (χ1) is 8.63. The number of benzene rings is 1. The lowest BCUT2D eigenvalue weighted by atomic mass is 10.1. The molecule has 96 valence electrons. The van der Waals surface area contributed by atoms with Crippen LogP contribution in [0.2, 0.25) is 0 Å². The lowest BCUT2D eigenvalue weighted by Crippen LogP contribution is -1.96. The van der Waals surface area contributed by atoms with E-state index in [2.05, 4.69) is 24.0 Å². The molecule has 1 aromatic carbocycles. The van der Waals surface area contributed by atoms with Crippen LogP contribution in [0.25, 0.3) is 0 Å². The number of hydrogen-bond donors (Lipinski definition) is 1. The van der Waals surface area contributed by atoms with Gasteiger partial charge in [-0.15, -0.1) is 11.8 Å². The minimum atomic E-state index is 0.274. The van der Waals surface area contributed by atoms with Gasteiger partial charge in [-0.3, -0.25) is 0 Å². The van der Waals surface area contributed by atoms with Crippen molar-refractivity contribution in [3.8, 4) is 5.75 Å². The lowest BCUT2D eigenvalue weighted by molar-refractivity contribution is 0.382. The second-order valence-corrected chi connectivity index (χ2v) is 5.53. The molecule has 1 heterocycles. The predicted molar refractivity (Wildman–Crippen MR) is 70.5 cm³/mol. The maximum Gasteiger partial charge on any atom is 0.237 e. The fourth-order valence-electron chi connectivity index (χ4n) is 1.48. The Hall–Kier alpha value is -1.49. The zero-order chi connectivity index (χ0) is 13.0. The van der Waals surface area contributed by atoms with E-state index in [4.69, 9.17) is 4.52 Å². The van der Waals surface area contributed by atoms with E-state index in [9.17, 15) is 5.11 Å². The first kappa shape index (κ1) is 13.0. The van der Waals surface area contributed by atoms with Crippen molar-refractivity contribution in [1.82, 2.24) is 10.1 Å². The molecule has 0 saturated carbocycles. The summed E-state index contributed by atoms with van der Waals surface area (Å²) in [5.74, 6) is 2.86. The molecule has 0 aliphatic rings. The van der Waals surface area contributed by atoms with E-state index in [1.807, 2.05) is 12.1 Å². The maximum atomic E-state index is 9.18. The molecule has 2 aromatic rings. The molecule has 0 atom stereocenters. The van der Waals surface area contributed by atoms with Crippen molar-refractivity contribution in [3.63, 3.8) is 0 Å². The SMILES string of the molecule is CC(C)Cc1noc(CSc2ccc(O)cc2)n1. The van der Waals surface area contributed by atoms with Gasteiger partial charge < -0.3 is 9.63 Å². The van der Waals surface area contributed by atoms with E-state index in [1.54, 1.807) is 23.9 Å². The highest BCUT2D eigenvalue weighted by molar-refractivity contribution is 7.98. The molecule has 1 N–H and O–H groups in total. The number of aromatic hydroxyl groups is 1. The average Bonchev–Trinajstić information content (AvgIpc) is 2.75. The Labute approximate surface area is 110 Å². The van der Waals surface area contributed by atoms with Crippen LogP contribution in [0.5, 0.6) is 5.75 Å². The highest BCUT2D eigenvalue weighted by atomic mass is 32.2. The summed E-state index contributed by atoms with van der Waals surface area (Å²) in [5.41, 5.74) is 0. The van der Waals surface area contributed by atoms with Crippen LogP contribution in [0.1, 0.15) is 25.6 Å². The van der Waals surface area contributed by atoms with Gasteiger partial charge in [0, 0.05) is 11.3 Å². The summed E-state index contributed by atoms with van der Waals surface area (Å²) in [7, 11) is 0. The van der Waals surface area contributed by atoms with E-state index >= 15 is 0 Å². The number of phenols is 1. The maximum absolute atomic E-state index is 9.18. The van der Waals surface area contributed by atoms with Crippen molar-refractivity contribution < 1.29 is 9.63 Å². The molecule has 0 saturated heterocycles. The van der Waals surface area contributed by atoms with Crippen LogP contribution in [0.3, 0.4) is 0 Å². The molecule has 0 unspecified atom stereocenters.